The standard InChI is InChI=1S/C14H12ClFN2O/c15-10-3-6-12(13(17)7-10)14(19)18-8-9-1-4-11(16)5-2-9/h1-7H,8,17H2,(H,18,19). The number of hydrogen-bond donors (Lipinski definition) is 2. The van der Waals surface area contributed by atoms with E-state index < -0.39 is 0 Å². The summed E-state index contributed by atoms with van der Waals surface area (Å²) >= 11 is 5.76. The van der Waals surface area contributed by atoms with E-state index in [0.29, 0.717) is 22.8 Å². The van der Waals surface area contributed by atoms with Gasteiger partial charge in [-0.15, -0.1) is 0 Å². The number of anilines is 1. The first-order valence-electron chi connectivity index (χ1n) is 5.64. The van der Waals surface area contributed by atoms with Crippen LogP contribution in [0.3, 0.4) is 0 Å². The van der Waals surface area contributed by atoms with Crippen molar-refractivity contribution >= 4 is 23.2 Å². The Balaban J connectivity index is 2.03. The molecule has 0 aromatic heterocycles. The van der Waals surface area contributed by atoms with Crippen molar-refractivity contribution in [1.29, 1.82) is 0 Å². The number of nitrogens with two attached hydrogens (primary N) is 1. The predicted octanol–water partition coefficient (Wildman–Crippen LogP) is 2.99. The maximum Gasteiger partial charge on any atom is 0.253 e. The maximum absolute atomic E-state index is 12.7. The Morgan fingerprint density at radius 1 is 1.21 bits per heavy atom. The Bertz CT molecular complexity index is 599. The summed E-state index contributed by atoms with van der Waals surface area (Å²) < 4.78 is 12.7. The highest BCUT2D eigenvalue weighted by atomic mass is 35.5. The van der Waals surface area contributed by atoms with Crippen LogP contribution in [0.15, 0.2) is 42.5 Å². The molecule has 0 aliphatic carbocycles. The van der Waals surface area contributed by atoms with Crippen molar-refractivity contribution in [3.63, 3.8) is 0 Å². The second-order valence-electron chi connectivity index (χ2n) is 4.04. The lowest BCUT2D eigenvalue weighted by atomic mass is 10.1. The van der Waals surface area contributed by atoms with Crippen LogP contribution in [0, 0.1) is 5.82 Å². The van der Waals surface area contributed by atoms with Gasteiger partial charge in [0.25, 0.3) is 5.91 Å². The minimum atomic E-state index is -0.308. The van der Waals surface area contributed by atoms with Gasteiger partial charge < -0.3 is 11.1 Å². The summed E-state index contributed by atoms with van der Waals surface area (Å²) in [6, 6.07) is 10.6. The second-order valence-corrected chi connectivity index (χ2v) is 4.48. The third-order valence-electron chi connectivity index (χ3n) is 2.62. The monoisotopic (exact) mass is 278 g/mol. The Hall–Kier alpha value is -2.07. The van der Waals surface area contributed by atoms with Crippen LogP contribution < -0.4 is 11.1 Å². The third kappa shape index (κ3) is 3.45. The van der Waals surface area contributed by atoms with E-state index in [0.717, 1.165) is 5.56 Å². The predicted molar refractivity (Wildman–Crippen MR) is 73.4 cm³/mol. The highest BCUT2D eigenvalue weighted by molar-refractivity contribution is 6.31. The summed E-state index contributed by atoms with van der Waals surface area (Å²) in [5, 5.41) is 3.19. The third-order valence-corrected chi connectivity index (χ3v) is 2.86. The Morgan fingerprint density at radius 2 is 1.89 bits per heavy atom. The van der Waals surface area contributed by atoms with Crippen LogP contribution >= 0.6 is 11.6 Å². The second kappa shape index (κ2) is 5.71. The fourth-order valence-corrected chi connectivity index (χ4v) is 1.80. The van der Waals surface area contributed by atoms with E-state index in [1.54, 1.807) is 24.3 Å². The molecule has 0 aliphatic heterocycles. The zero-order valence-electron chi connectivity index (χ0n) is 9.99. The Kier molecular flexibility index (Phi) is 4.02. The van der Waals surface area contributed by atoms with Crippen molar-refractivity contribution in [3.05, 3.63) is 64.4 Å². The number of amides is 1. The first kappa shape index (κ1) is 13.4. The average Bonchev–Trinajstić information content (AvgIpc) is 2.37. The Morgan fingerprint density at radius 3 is 2.53 bits per heavy atom. The number of rotatable bonds is 3. The molecule has 1 amide bonds. The first-order valence-corrected chi connectivity index (χ1v) is 6.02. The largest absolute Gasteiger partial charge is 0.398 e. The first-order chi connectivity index (χ1) is 9.06. The molecule has 0 heterocycles. The van der Waals surface area contributed by atoms with Gasteiger partial charge in [-0.25, -0.2) is 4.39 Å². The van der Waals surface area contributed by atoms with Gasteiger partial charge in [0.05, 0.1) is 5.56 Å². The molecule has 0 fully saturated rings. The van der Waals surface area contributed by atoms with E-state index in [1.165, 1.54) is 18.2 Å². The molecule has 98 valence electrons. The minimum absolute atomic E-state index is 0.293. The summed E-state index contributed by atoms with van der Waals surface area (Å²) in [7, 11) is 0. The van der Waals surface area contributed by atoms with Gasteiger partial charge in [0.1, 0.15) is 5.82 Å². The van der Waals surface area contributed by atoms with Gasteiger partial charge in [-0.3, -0.25) is 4.79 Å². The zero-order chi connectivity index (χ0) is 13.8. The molecule has 2 rings (SSSR count). The molecule has 0 saturated carbocycles. The van der Waals surface area contributed by atoms with E-state index in [9.17, 15) is 9.18 Å². The van der Waals surface area contributed by atoms with Gasteiger partial charge >= 0.3 is 0 Å². The maximum atomic E-state index is 12.7. The van der Waals surface area contributed by atoms with Crippen LogP contribution in [0.1, 0.15) is 15.9 Å². The summed E-state index contributed by atoms with van der Waals surface area (Å²) in [5.74, 6) is -0.601. The molecule has 3 N–H and O–H groups in total. The zero-order valence-corrected chi connectivity index (χ0v) is 10.7. The number of halogens is 2. The lowest BCUT2D eigenvalue weighted by Crippen LogP contribution is -2.23. The van der Waals surface area contributed by atoms with E-state index in [2.05, 4.69) is 5.32 Å². The molecule has 0 unspecified atom stereocenters. The van der Waals surface area contributed by atoms with Gasteiger partial charge in [0.2, 0.25) is 0 Å². The van der Waals surface area contributed by atoms with Crippen molar-refractivity contribution in [2.45, 2.75) is 6.54 Å². The summed E-state index contributed by atoms with van der Waals surface area (Å²) in [6.07, 6.45) is 0. The van der Waals surface area contributed by atoms with Gasteiger partial charge in [-0.05, 0) is 35.9 Å². The average molecular weight is 279 g/mol. The molecule has 2 aromatic rings. The molecule has 3 nitrogen and oxygen atoms in total. The normalized spacial score (nSPS) is 10.2. The molecule has 0 saturated heterocycles. The van der Waals surface area contributed by atoms with Crippen LogP contribution in [-0.4, -0.2) is 5.91 Å². The highest BCUT2D eigenvalue weighted by Crippen LogP contribution is 2.17. The van der Waals surface area contributed by atoms with Crippen molar-refractivity contribution in [1.82, 2.24) is 5.32 Å². The highest BCUT2D eigenvalue weighted by Gasteiger charge is 2.09. The molecule has 19 heavy (non-hydrogen) atoms. The van der Waals surface area contributed by atoms with E-state index in [1.807, 2.05) is 0 Å². The van der Waals surface area contributed by atoms with Crippen molar-refractivity contribution in [2.75, 3.05) is 5.73 Å². The van der Waals surface area contributed by atoms with Gasteiger partial charge in [0, 0.05) is 17.3 Å². The van der Waals surface area contributed by atoms with Crippen LogP contribution in [0.2, 0.25) is 5.02 Å². The van der Waals surface area contributed by atoms with Gasteiger partial charge in [-0.2, -0.15) is 0 Å². The number of carbonyl (C=O) groups is 1. The van der Waals surface area contributed by atoms with Gasteiger partial charge in [-0.1, -0.05) is 23.7 Å². The van der Waals surface area contributed by atoms with E-state index >= 15 is 0 Å². The molecule has 0 atom stereocenters. The quantitative estimate of drug-likeness (QED) is 0.848. The lowest BCUT2D eigenvalue weighted by molar-refractivity contribution is 0.0952. The number of carbonyl (C=O) groups excluding carboxylic acids is 1. The van der Waals surface area contributed by atoms with Crippen LogP contribution in [0.25, 0.3) is 0 Å². The summed E-state index contributed by atoms with van der Waals surface area (Å²) in [6.45, 7) is 0.307. The smallest absolute Gasteiger partial charge is 0.253 e. The summed E-state index contributed by atoms with van der Waals surface area (Å²) in [5.41, 5.74) is 7.21. The molecule has 0 radical (unpaired) electrons. The van der Waals surface area contributed by atoms with Crippen molar-refractivity contribution in [3.8, 4) is 0 Å². The van der Waals surface area contributed by atoms with Crippen LogP contribution in [0.5, 0.6) is 0 Å². The topological polar surface area (TPSA) is 55.1 Å². The Labute approximate surface area is 115 Å². The number of nitrogen functional groups attached to an aromatic ring is 1. The van der Waals surface area contributed by atoms with Crippen LogP contribution in [0.4, 0.5) is 10.1 Å². The lowest BCUT2D eigenvalue weighted by Gasteiger charge is -2.08. The number of hydrogen-bond acceptors (Lipinski definition) is 2. The molecule has 0 spiro atoms. The van der Waals surface area contributed by atoms with Gasteiger partial charge in [0.15, 0.2) is 0 Å². The molecule has 0 bridgehead atoms. The summed E-state index contributed by atoms with van der Waals surface area (Å²) in [4.78, 5) is 11.9. The fraction of sp³-hybridized carbons (Fsp3) is 0.0714. The molecule has 5 heteroatoms. The van der Waals surface area contributed by atoms with Crippen molar-refractivity contribution < 1.29 is 9.18 Å². The van der Waals surface area contributed by atoms with Crippen molar-refractivity contribution in [2.24, 2.45) is 0 Å². The molecule has 0 aliphatic rings. The minimum Gasteiger partial charge on any atom is -0.398 e. The number of benzene rings is 2. The van der Waals surface area contributed by atoms with E-state index in [4.69, 9.17) is 17.3 Å². The SMILES string of the molecule is Nc1cc(Cl)ccc1C(=O)NCc1ccc(F)cc1. The van der Waals surface area contributed by atoms with E-state index in [-0.39, 0.29) is 11.7 Å². The molecular formula is C14H12ClFN2O. The van der Waals surface area contributed by atoms with Crippen LogP contribution in [-0.2, 0) is 6.54 Å². The fourth-order valence-electron chi connectivity index (χ4n) is 1.62. The molecular weight excluding hydrogens is 267 g/mol. The molecule has 2 aromatic carbocycles. The number of nitrogens with one attached hydrogen (secondary N) is 1.